The number of hydrogen-bond acceptors (Lipinski definition) is 0. The Bertz CT molecular complexity index is 3.61. The van der Waals surface area contributed by atoms with Crippen molar-refractivity contribution in [2.24, 2.45) is 0 Å². The van der Waals surface area contributed by atoms with Gasteiger partial charge in [-0.3, -0.25) is 0 Å². The van der Waals surface area contributed by atoms with Crippen molar-refractivity contribution in [3.8, 4) is 0 Å². The molecule has 0 saturated carbocycles. The van der Waals surface area contributed by atoms with E-state index in [1.54, 1.807) is 0 Å². The molecule has 0 aromatic rings. The van der Waals surface area contributed by atoms with Gasteiger partial charge in [0.25, 0.3) is 0 Å². The first-order valence-corrected chi connectivity index (χ1v) is 0. The monoisotopic (exact) mass is 248 g/mol. The zero-order valence-corrected chi connectivity index (χ0v) is 6.63. The molecular weight excluding hydrogens is 248 g/mol. The van der Waals surface area contributed by atoms with Gasteiger partial charge in [0, 0.05) is 0 Å². The average molecular weight is 250 g/mol. The van der Waals surface area contributed by atoms with Crippen LogP contribution in [-0.4, -0.2) is 0 Å². The Balaban J connectivity index is 0. The summed E-state index contributed by atoms with van der Waals surface area (Å²) in [5, 5.41) is 0. The fraction of sp³-hybridized carbons (Fsp3) is 0. The SMILES string of the molecule is [Cl-].[Cl-].[Cl-].[Cl-].[PdH2+4]. The summed E-state index contributed by atoms with van der Waals surface area (Å²) in [6.07, 6.45) is 0. The second-order valence-electron chi connectivity index (χ2n) is 0. The second kappa shape index (κ2) is 40.8. The Morgan fingerprint density at radius 3 is 0.400 bits per heavy atom. The Hall–Kier alpha value is 1.82. The van der Waals surface area contributed by atoms with E-state index in [4.69, 9.17) is 0 Å². The van der Waals surface area contributed by atoms with Gasteiger partial charge in [0.05, 0.1) is 0 Å². The van der Waals surface area contributed by atoms with Gasteiger partial charge in [0.2, 0.25) is 0 Å². The molecule has 0 N–H and O–H groups in total. The van der Waals surface area contributed by atoms with Crippen molar-refractivity contribution < 1.29 is 70.1 Å². The minimum absolute atomic E-state index is 0. The summed E-state index contributed by atoms with van der Waals surface area (Å²) in [4.78, 5) is 0. The van der Waals surface area contributed by atoms with Crippen molar-refractivity contribution in [1.82, 2.24) is 0 Å². The summed E-state index contributed by atoms with van der Waals surface area (Å²) in [6, 6.07) is 0. The van der Waals surface area contributed by atoms with Crippen molar-refractivity contribution in [3.05, 3.63) is 0 Å². The predicted octanol–water partition coefficient (Wildman–Crippen LogP) is -12.5. The zero-order valence-electron chi connectivity index (χ0n) is 1.87. The molecule has 5 heavy (non-hydrogen) atoms. The maximum atomic E-state index is 0. The minimum atomic E-state index is 0. The Kier molecular flexibility index (Phi) is 568. The first-order valence-electron chi connectivity index (χ1n) is 0. The molecule has 0 radical (unpaired) electrons. The van der Waals surface area contributed by atoms with Crippen LogP contribution in [0.4, 0.5) is 0 Å². The van der Waals surface area contributed by atoms with Gasteiger partial charge < -0.3 is 49.6 Å². The van der Waals surface area contributed by atoms with Crippen LogP contribution in [-0.2, 0) is 20.4 Å². The molecule has 0 aromatic heterocycles. The van der Waals surface area contributed by atoms with E-state index in [1.165, 1.54) is 0 Å². The van der Waals surface area contributed by atoms with E-state index in [9.17, 15) is 0 Å². The van der Waals surface area contributed by atoms with Crippen molar-refractivity contribution in [2.45, 2.75) is 0 Å². The third-order valence-corrected chi connectivity index (χ3v) is 0. The Labute approximate surface area is 69.8 Å². The van der Waals surface area contributed by atoms with Gasteiger partial charge in [-0.15, -0.1) is 0 Å². The molecule has 5 heteroatoms. The first-order chi connectivity index (χ1) is 0. The zero-order chi connectivity index (χ0) is 0. The summed E-state index contributed by atoms with van der Waals surface area (Å²) in [7, 11) is 0. The van der Waals surface area contributed by atoms with Crippen LogP contribution in [0.3, 0.4) is 0 Å². The van der Waals surface area contributed by atoms with E-state index in [0.29, 0.717) is 0 Å². The molecule has 0 rings (SSSR count). The molecule has 40 valence electrons. The molecule has 0 bridgehead atoms. The second-order valence-corrected chi connectivity index (χ2v) is 0. The topological polar surface area (TPSA) is 0 Å². The van der Waals surface area contributed by atoms with Crippen LogP contribution in [0.2, 0.25) is 0 Å². The van der Waals surface area contributed by atoms with Gasteiger partial charge in [-0.05, 0) is 0 Å². The third-order valence-electron chi connectivity index (χ3n) is 0. The fourth-order valence-electron chi connectivity index (χ4n) is 0. The van der Waals surface area contributed by atoms with E-state index < -0.39 is 0 Å². The molecular formula is H2Cl4Pd. The van der Waals surface area contributed by atoms with E-state index in [1.807, 2.05) is 0 Å². The van der Waals surface area contributed by atoms with Crippen LogP contribution in [0.5, 0.6) is 0 Å². The number of hydrogen-bond donors (Lipinski definition) is 0. The molecule has 0 aromatic carbocycles. The quantitative estimate of drug-likeness (QED) is 0.375. The first kappa shape index (κ1) is 69.6. The summed E-state index contributed by atoms with van der Waals surface area (Å²) in [6.45, 7) is 0. The summed E-state index contributed by atoms with van der Waals surface area (Å²) in [5.74, 6) is 0. The molecule has 0 aliphatic carbocycles. The van der Waals surface area contributed by atoms with Crippen molar-refractivity contribution >= 4 is 0 Å². The molecule has 0 aliphatic rings. The van der Waals surface area contributed by atoms with Gasteiger partial charge in [0.1, 0.15) is 0 Å². The maximum absolute atomic E-state index is 0. The van der Waals surface area contributed by atoms with Crippen LogP contribution in [0.15, 0.2) is 0 Å². The Morgan fingerprint density at radius 1 is 0.400 bits per heavy atom. The van der Waals surface area contributed by atoms with Gasteiger partial charge in [0.15, 0.2) is 0 Å². The number of halogens is 4. The number of rotatable bonds is 0. The molecule has 0 nitrogen and oxygen atoms in total. The van der Waals surface area contributed by atoms with Gasteiger partial charge in [-0.2, -0.15) is 0 Å². The molecule has 0 aliphatic heterocycles. The van der Waals surface area contributed by atoms with Crippen LogP contribution in [0.25, 0.3) is 0 Å². The van der Waals surface area contributed by atoms with Crippen LogP contribution < -0.4 is 49.6 Å². The molecule has 0 unspecified atom stereocenters. The molecule has 0 amide bonds. The van der Waals surface area contributed by atoms with Crippen molar-refractivity contribution in [1.29, 1.82) is 0 Å². The fourth-order valence-corrected chi connectivity index (χ4v) is 0. The van der Waals surface area contributed by atoms with Gasteiger partial charge in [-0.1, -0.05) is 0 Å². The summed E-state index contributed by atoms with van der Waals surface area (Å²) >= 11 is 0. The molecule has 0 fully saturated rings. The normalized spacial score (nSPS) is 0. The van der Waals surface area contributed by atoms with Gasteiger partial charge >= 0.3 is 20.4 Å². The van der Waals surface area contributed by atoms with E-state index in [2.05, 4.69) is 0 Å². The third kappa shape index (κ3) is 25.6. The molecule has 0 heterocycles. The van der Waals surface area contributed by atoms with Gasteiger partial charge in [-0.25, -0.2) is 0 Å². The van der Waals surface area contributed by atoms with Crippen LogP contribution in [0.1, 0.15) is 0 Å². The van der Waals surface area contributed by atoms with Crippen molar-refractivity contribution in [2.75, 3.05) is 0 Å². The van der Waals surface area contributed by atoms with E-state index in [-0.39, 0.29) is 70.1 Å². The van der Waals surface area contributed by atoms with Crippen LogP contribution in [0, 0.1) is 0 Å². The van der Waals surface area contributed by atoms with E-state index in [0.717, 1.165) is 0 Å². The van der Waals surface area contributed by atoms with Crippen molar-refractivity contribution in [3.63, 3.8) is 0 Å². The molecule has 0 spiro atoms. The summed E-state index contributed by atoms with van der Waals surface area (Å²) in [5.41, 5.74) is 0. The molecule has 0 atom stereocenters. The summed E-state index contributed by atoms with van der Waals surface area (Å²) < 4.78 is 0. The van der Waals surface area contributed by atoms with E-state index >= 15 is 0 Å². The Morgan fingerprint density at radius 2 is 0.400 bits per heavy atom. The van der Waals surface area contributed by atoms with Crippen LogP contribution >= 0.6 is 0 Å². The standard InChI is InChI=1S/4ClH.Pd.2H/h4*1H;;;/q;;;;+4;;/p-4. The molecule has 0 saturated heterocycles. The average Bonchev–Trinajstić information content (AvgIpc) is 0. The predicted molar refractivity (Wildman–Crippen MR) is 2.79 cm³/mol.